The van der Waals surface area contributed by atoms with Gasteiger partial charge >= 0.3 is 185 Å². The van der Waals surface area contributed by atoms with Crippen molar-refractivity contribution in [2.45, 2.75) is 89.9 Å². The first-order chi connectivity index (χ1) is 18.5. The summed E-state index contributed by atoms with van der Waals surface area (Å²) in [6, 6.07) is 6.56. The first-order valence-corrected chi connectivity index (χ1v) is 17.4. The summed E-state index contributed by atoms with van der Waals surface area (Å²) in [6.07, 6.45) is 6.33. The summed E-state index contributed by atoms with van der Waals surface area (Å²) in [7, 11) is 0. The van der Waals surface area contributed by atoms with Crippen molar-refractivity contribution in [3.8, 4) is 0 Å². The van der Waals surface area contributed by atoms with Crippen LogP contribution in [0.25, 0.3) is 0 Å². The smallest absolute Gasteiger partial charge is 0.0382 e. The van der Waals surface area contributed by atoms with Gasteiger partial charge in [-0.25, -0.2) is 4.79 Å². The Hall–Kier alpha value is -2.38. The number of hydrogen-bond acceptors (Lipinski definition) is 5. The summed E-state index contributed by atoms with van der Waals surface area (Å²) < 4.78 is 10.1. The molecule has 1 aromatic carbocycles. The van der Waals surface area contributed by atoms with Gasteiger partial charge in [0.15, 0.2) is 0 Å². The number of aryl methyl sites for hydroxylation is 1. The molecule has 1 aromatic rings. The largest absolute Gasteiger partial charge is 0.0573 e. The van der Waals surface area contributed by atoms with Crippen LogP contribution in [0.4, 0.5) is 10.5 Å². The molecule has 0 aromatic heterocycles. The number of likely N-dealkylation sites (tertiary alicyclic amines) is 1. The van der Waals surface area contributed by atoms with Gasteiger partial charge in [-0.15, -0.1) is 0 Å². The van der Waals surface area contributed by atoms with Gasteiger partial charge in [-0.3, -0.25) is 0 Å². The molecule has 216 valence electrons. The maximum absolute atomic E-state index is 13.6. The molecule has 3 atom stereocenters. The van der Waals surface area contributed by atoms with Crippen LogP contribution >= 0.6 is 0 Å². The molecular formula is C29H45AsN4O5. The number of nitrogens with one attached hydrogen (secondary N) is 3. The van der Waals surface area contributed by atoms with Crippen LogP contribution in [0.15, 0.2) is 24.3 Å². The van der Waals surface area contributed by atoms with E-state index in [1.807, 2.05) is 52.0 Å². The van der Waals surface area contributed by atoms with E-state index in [0.717, 1.165) is 36.9 Å². The normalized spacial score (nSPS) is 19.2. The second-order valence-corrected chi connectivity index (χ2v) is 15.2. The van der Waals surface area contributed by atoms with Crippen molar-refractivity contribution in [1.29, 1.82) is 0 Å². The number of rotatable bonds is 10. The molecule has 0 spiro atoms. The first-order valence-electron chi connectivity index (χ1n) is 14.1. The number of amides is 4. The standard InChI is InChI=1S/C29H45AsN4O5/c1-20-9-11-23(12-10-20)31-28(38)32-24-13-15-34(16-14-24)27(37)25(29(2,3)4)33-26(36)22(18-30(39)19-35)17-21-7-5-6-8-21/h9-12,19,21-22,24-25,39H,5-8,13-18H2,1-4H3,(H,33,36)(H2,31,32,38)/t22?,25-,30?/m1/s1. The minimum Gasteiger partial charge on any atom is -0.0573 e. The van der Waals surface area contributed by atoms with E-state index in [0.29, 0.717) is 43.3 Å². The number of benzene rings is 1. The number of carbonyl (C=O) groups excluding carboxylic acids is 4. The third kappa shape index (κ3) is 9.64. The van der Waals surface area contributed by atoms with Crippen LogP contribution in [0.1, 0.15) is 71.3 Å². The molecular weight excluding hydrogens is 559 g/mol. The Morgan fingerprint density at radius 3 is 2.26 bits per heavy atom. The van der Waals surface area contributed by atoms with Crippen LogP contribution in [-0.2, 0) is 14.4 Å². The van der Waals surface area contributed by atoms with Crippen LogP contribution in [0.2, 0.25) is 5.21 Å². The molecule has 4 amide bonds. The van der Waals surface area contributed by atoms with Gasteiger partial charge in [0.05, 0.1) is 0 Å². The summed E-state index contributed by atoms with van der Waals surface area (Å²) in [5, 5.41) is 9.70. The minimum atomic E-state index is -2.69. The number of hydrogen-bond donors (Lipinski definition) is 4. The molecule has 3 rings (SSSR count). The van der Waals surface area contributed by atoms with Gasteiger partial charge < -0.3 is 5.32 Å². The van der Waals surface area contributed by atoms with E-state index in [1.54, 1.807) is 4.90 Å². The topological polar surface area (TPSA) is 128 Å². The van der Waals surface area contributed by atoms with Crippen LogP contribution in [0.5, 0.6) is 0 Å². The molecule has 0 bridgehead atoms. The first kappa shape index (κ1) is 31.2. The fraction of sp³-hybridized carbons (Fsp3) is 0.655. The van der Waals surface area contributed by atoms with E-state index in [9.17, 15) is 23.3 Å². The zero-order valence-electron chi connectivity index (χ0n) is 23.7. The quantitative estimate of drug-likeness (QED) is 0.240. The monoisotopic (exact) mass is 604 g/mol. The van der Waals surface area contributed by atoms with Gasteiger partial charge in [0.25, 0.3) is 0 Å². The summed E-state index contributed by atoms with van der Waals surface area (Å²) in [5.41, 5.74) is 1.33. The molecule has 4 N–H and O–H groups in total. The molecule has 1 saturated carbocycles. The van der Waals surface area contributed by atoms with E-state index in [-0.39, 0.29) is 29.1 Å². The Kier molecular flexibility index (Phi) is 11.4. The van der Waals surface area contributed by atoms with Gasteiger partial charge in [0.2, 0.25) is 0 Å². The summed E-state index contributed by atoms with van der Waals surface area (Å²) in [6.45, 7) is 8.75. The van der Waals surface area contributed by atoms with Crippen molar-refractivity contribution in [2.24, 2.45) is 17.3 Å². The zero-order valence-corrected chi connectivity index (χ0v) is 25.6. The average molecular weight is 605 g/mol. The Balaban J connectivity index is 1.57. The molecule has 2 aliphatic rings. The average Bonchev–Trinajstić information content (AvgIpc) is 3.40. The van der Waals surface area contributed by atoms with Crippen LogP contribution in [0, 0.1) is 24.2 Å². The predicted molar refractivity (Wildman–Crippen MR) is 154 cm³/mol. The SMILES string of the molecule is Cc1ccc(NC(=O)NC2CCN(C(=O)[C@@H](NC(=O)C(CC3CCCC3)C[As](O)C=O)C(C)(C)C)CC2)cc1. The van der Waals surface area contributed by atoms with E-state index >= 15 is 0 Å². The number of anilines is 1. The van der Waals surface area contributed by atoms with Gasteiger partial charge in [0, 0.05) is 5.69 Å². The zero-order chi connectivity index (χ0) is 28.6. The second-order valence-electron chi connectivity index (χ2n) is 12.2. The van der Waals surface area contributed by atoms with Gasteiger partial charge in [-0.1, -0.05) is 17.7 Å². The molecule has 39 heavy (non-hydrogen) atoms. The Morgan fingerprint density at radius 1 is 1.08 bits per heavy atom. The molecule has 1 aliphatic heterocycles. The van der Waals surface area contributed by atoms with E-state index in [2.05, 4.69) is 16.0 Å². The minimum absolute atomic E-state index is 0.0481. The Labute approximate surface area is 237 Å². The number of nitrogens with zero attached hydrogens (tertiary/aromatic N) is 1. The Morgan fingerprint density at radius 2 is 1.69 bits per heavy atom. The van der Waals surface area contributed by atoms with E-state index < -0.39 is 32.4 Å². The Bertz CT molecular complexity index is 982. The molecule has 10 heteroatoms. The van der Waals surface area contributed by atoms with Crippen molar-refractivity contribution in [3.05, 3.63) is 29.8 Å². The summed E-state index contributed by atoms with van der Waals surface area (Å²) in [5.74, 6) is -0.405. The summed E-state index contributed by atoms with van der Waals surface area (Å²) in [4.78, 5) is 52.5. The molecule has 1 aliphatic carbocycles. The van der Waals surface area contributed by atoms with Gasteiger partial charge in [-0.2, -0.15) is 0 Å². The van der Waals surface area contributed by atoms with Crippen molar-refractivity contribution >= 4 is 43.6 Å². The maximum atomic E-state index is 13.6. The van der Waals surface area contributed by atoms with Gasteiger partial charge in [-0.05, 0) is 19.1 Å². The molecule has 1 heterocycles. The maximum Gasteiger partial charge on any atom is -0.0382 e. The van der Waals surface area contributed by atoms with Crippen molar-refractivity contribution < 1.29 is 23.3 Å². The number of carbonyl (C=O) groups is 4. The van der Waals surface area contributed by atoms with Crippen molar-refractivity contribution in [2.75, 3.05) is 18.4 Å². The fourth-order valence-corrected chi connectivity index (χ4v) is 7.30. The van der Waals surface area contributed by atoms with Crippen molar-refractivity contribution in [1.82, 2.24) is 15.5 Å². The molecule has 9 nitrogen and oxygen atoms in total. The van der Waals surface area contributed by atoms with E-state index in [4.69, 9.17) is 0 Å². The summed E-state index contributed by atoms with van der Waals surface area (Å²) >= 11 is -2.69. The number of piperidine rings is 1. The molecule has 1 saturated heterocycles. The van der Waals surface area contributed by atoms with Crippen molar-refractivity contribution in [3.63, 3.8) is 0 Å². The molecule has 2 unspecified atom stereocenters. The third-order valence-corrected chi connectivity index (χ3v) is 10.1. The molecule has 0 radical (unpaired) electrons. The van der Waals surface area contributed by atoms with Crippen LogP contribution in [-0.4, -0.2) is 72.1 Å². The number of urea groups is 1. The molecule has 2 fully saturated rings. The van der Waals surface area contributed by atoms with Crippen LogP contribution in [0.3, 0.4) is 0 Å². The fourth-order valence-electron chi connectivity index (χ4n) is 5.51. The van der Waals surface area contributed by atoms with Gasteiger partial charge in [0.1, 0.15) is 0 Å². The van der Waals surface area contributed by atoms with E-state index in [1.165, 1.54) is 0 Å². The van der Waals surface area contributed by atoms with Crippen LogP contribution < -0.4 is 16.0 Å². The third-order valence-electron chi connectivity index (χ3n) is 7.84. The second kappa shape index (κ2) is 14.3. The predicted octanol–water partition coefficient (Wildman–Crippen LogP) is 3.59.